The molecule has 0 aliphatic carbocycles. The van der Waals surface area contributed by atoms with Crippen molar-refractivity contribution in [2.45, 2.75) is 32.4 Å². The summed E-state index contributed by atoms with van der Waals surface area (Å²) in [5, 5.41) is 0. The molecule has 0 aliphatic rings. The Hall–Kier alpha value is -1.20. The van der Waals surface area contributed by atoms with Crippen molar-refractivity contribution in [1.29, 1.82) is 0 Å². The van der Waals surface area contributed by atoms with Crippen LogP contribution in [0.3, 0.4) is 0 Å². The zero-order chi connectivity index (χ0) is 15.1. The zero-order valence-corrected chi connectivity index (χ0v) is 13.2. The molecule has 0 spiro atoms. The maximum absolute atomic E-state index is 13.8. The van der Waals surface area contributed by atoms with E-state index < -0.39 is 6.04 Å². The first-order valence-corrected chi connectivity index (χ1v) is 7.38. The molecule has 110 valence electrons. The molecule has 1 amide bonds. The third-order valence-electron chi connectivity index (χ3n) is 2.95. The topological polar surface area (TPSA) is 46.3 Å². The number of carbonyl (C=O) groups is 1. The fraction of sp³-hybridized carbons (Fsp3) is 0.400. The summed E-state index contributed by atoms with van der Waals surface area (Å²) in [5.41, 5.74) is 6.31. The average Bonchev–Trinajstić information content (AvgIpc) is 2.41. The predicted molar refractivity (Wildman–Crippen MR) is 82.6 cm³/mol. The first-order chi connectivity index (χ1) is 9.49. The molecule has 0 radical (unpaired) electrons. The van der Waals surface area contributed by atoms with Crippen LogP contribution < -0.4 is 5.73 Å². The number of hydrogen-bond acceptors (Lipinski definition) is 2. The number of hydrogen-bond donors (Lipinski definition) is 1. The molecule has 1 rings (SSSR count). The molecule has 1 atom stereocenters. The van der Waals surface area contributed by atoms with Crippen molar-refractivity contribution in [2.75, 3.05) is 6.54 Å². The summed E-state index contributed by atoms with van der Waals surface area (Å²) in [7, 11) is 0. The van der Waals surface area contributed by atoms with E-state index in [4.69, 9.17) is 5.73 Å². The van der Waals surface area contributed by atoms with Gasteiger partial charge in [-0.25, -0.2) is 4.39 Å². The Balaban J connectivity index is 2.88. The van der Waals surface area contributed by atoms with Crippen LogP contribution in [0.2, 0.25) is 0 Å². The molecule has 1 aromatic rings. The van der Waals surface area contributed by atoms with E-state index in [0.29, 0.717) is 18.5 Å². The van der Waals surface area contributed by atoms with E-state index in [1.807, 2.05) is 6.92 Å². The van der Waals surface area contributed by atoms with Gasteiger partial charge in [-0.15, -0.1) is 6.58 Å². The van der Waals surface area contributed by atoms with Crippen LogP contribution in [0.5, 0.6) is 0 Å². The summed E-state index contributed by atoms with van der Waals surface area (Å²) < 4.78 is 14.5. The molecule has 20 heavy (non-hydrogen) atoms. The third kappa shape index (κ3) is 4.72. The largest absolute Gasteiger partial charge is 0.333 e. The van der Waals surface area contributed by atoms with Gasteiger partial charge in [0.1, 0.15) is 5.82 Å². The van der Waals surface area contributed by atoms with Crippen molar-refractivity contribution >= 4 is 21.8 Å². The second kappa shape index (κ2) is 8.17. The molecular formula is C15H20BrFN2O. The van der Waals surface area contributed by atoms with E-state index in [2.05, 4.69) is 22.5 Å². The second-order valence-corrected chi connectivity index (χ2v) is 5.55. The molecule has 1 unspecified atom stereocenters. The highest BCUT2D eigenvalue weighted by molar-refractivity contribution is 9.10. The quantitative estimate of drug-likeness (QED) is 0.773. The van der Waals surface area contributed by atoms with Gasteiger partial charge >= 0.3 is 0 Å². The summed E-state index contributed by atoms with van der Waals surface area (Å²) >= 11 is 3.30. The first kappa shape index (κ1) is 16.9. The lowest BCUT2D eigenvalue weighted by molar-refractivity contribution is -0.132. The lowest BCUT2D eigenvalue weighted by atomic mass is 10.1. The summed E-state index contributed by atoms with van der Waals surface area (Å²) in [6, 6.07) is 4.13. The number of nitrogens with two attached hydrogens (primary N) is 1. The first-order valence-electron chi connectivity index (χ1n) is 6.58. The Morgan fingerprint density at radius 3 is 2.90 bits per heavy atom. The van der Waals surface area contributed by atoms with E-state index in [-0.39, 0.29) is 18.3 Å². The second-order valence-electron chi connectivity index (χ2n) is 4.64. The van der Waals surface area contributed by atoms with Gasteiger partial charge in [-0.1, -0.05) is 35.4 Å². The number of nitrogens with zero attached hydrogens (tertiary/aromatic N) is 1. The lowest BCUT2D eigenvalue weighted by Crippen LogP contribution is -2.43. The summed E-state index contributed by atoms with van der Waals surface area (Å²) in [4.78, 5) is 13.8. The Bertz CT molecular complexity index is 479. The minimum atomic E-state index is -0.546. The van der Waals surface area contributed by atoms with Crippen LogP contribution in [-0.4, -0.2) is 23.4 Å². The Morgan fingerprint density at radius 1 is 1.60 bits per heavy atom. The molecule has 0 heterocycles. The van der Waals surface area contributed by atoms with Crippen LogP contribution in [0.25, 0.3) is 0 Å². The Morgan fingerprint density at radius 2 is 2.30 bits per heavy atom. The van der Waals surface area contributed by atoms with Gasteiger partial charge in [0.05, 0.1) is 6.04 Å². The summed E-state index contributed by atoms with van der Waals surface area (Å²) in [5.74, 6) is -0.509. The van der Waals surface area contributed by atoms with Crippen LogP contribution in [0, 0.1) is 5.82 Å². The monoisotopic (exact) mass is 342 g/mol. The third-order valence-corrected chi connectivity index (χ3v) is 3.44. The highest BCUT2D eigenvalue weighted by atomic mass is 79.9. The summed E-state index contributed by atoms with van der Waals surface area (Å²) in [6.07, 6.45) is 3.07. The molecule has 2 N–H and O–H groups in total. The number of carbonyl (C=O) groups excluding carboxylic acids is 1. The molecule has 3 nitrogen and oxygen atoms in total. The molecular weight excluding hydrogens is 323 g/mol. The van der Waals surface area contributed by atoms with Crippen molar-refractivity contribution in [1.82, 2.24) is 4.90 Å². The van der Waals surface area contributed by atoms with Gasteiger partial charge in [-0.05, 0) is 24.6 Å². The highest BCUT2D eigenvalue weighted by Crippen LogP contribution is 2.18. The molecule has 0 saturated carbocycles. The van der Waals surface area contributed by atoms with Crippen LogP contribution in [-0.2, 0) is 11.3 Å². The van der Waals surface area contributed by atoms with Crippen molar-refractivity contribution in [3.63, 3.8) is 0 Å². The van der Waals surface area contributed by atoms with E-state index >= 15 is 0 Å². The fourth-order valence-corrected chi connectivity index (χ4v) is 2.34. The number of rotatable bonds is 7. The molecule has 0 fully saturated rings. The number of benzene rings is 1. The van der Waals surface area contributed by atoms with Gasteiger partial charge in [0.15, 0.2) is 0 Å². The van der Waals surface area contributed by atoms with Crippen molar-refractivity contribution in [3.05, 3.63) is 46.7 Å². The van der Waals surface area contributed by atoms with E-state index in [9.17, 15) is 9.18 Å². The van der Waals surface area contributed by atoms with Crippen LogP contribution >= 0.6 is 15.9 Å². The van der Waals surface area contributed by atoms with Gasteiger partial charge in [0, 0.05) is 23.1 Å². The number of halogens is 2. The minimum Gasteiger partial charge on any atom is -0.333 e. The molecule has 1 aromatic carbocycles. The van der Waals surface area contributed by atoms with Gasteiger partial charge < -0.3 is 10.6 Å². The fourth-order valence-electron chi connectivity index (χ4n) is 1.93. The van der Waals surface area contributed by atoms with Crippen molar-refractivity contribution in [2.24, 2.45) is 5.73 Å². The maximum atomic E-state index is 13.8. The molecule has 0 bridgehead atoms. The van der Waals surface area contributed by atoms with E-state index in [0.717, 1.165) is 10.9 Å². The molecule has 0 saturated heterocycles. The van der Waals surface area contributed by atoms with Crippen LogP contribution in [0.4, 0.5) is 4.39 Å². The average molecular weight is 343 g/mol. The smallest absolute Gasteiger partial charge is 0.240 e. The maximum Gasteiger partial charge on any atom is 0.240 e. The number of amides is 1. The van der Waals surface area contributed by atoms with Gasteiger partial charge in [-0.3, -0.25) is 4.79 Å². The van der Waals surface area contributed by atoms with Gasteiger partial charge in [-0.2, -0.15) is 0 Å². The lowest BCUT2D eigenvalue weighted by Gasteiger charge is -2.24. The highest BCUT2D eigenvalue weighted by Gasteiger charge is 2.20. The minimum absolute atomic E-state index is 0.175. The van der Waals surface area contributed by atoms with Crippen LogP contribution in [0.1, 0.15) is 25.3 Å². The molecule has 0 aromatic heterocycles. The van der Waals surface area contributed by atoms with E-state index in [1.165, 1.54) is 11.0 Å². The SMILES string of the molecule is C=CCN(Cc1cc(Br)ccc1F)C(=O)C(N)CCC. The van der Waals surface area contributed by atoms with Crippen LogP contribution in [0.15, 0.2) is 35.3 Å². The summed E-state index contributed by atoms with van der Waals surface area (Å²) in [6.45, 7) is 6.14. The Kier molecular flexibility index (Phi) is 6.88. The normalized spacial score (nSPS) is 12.0. The Labute approximate surface area is 127 Å². The van der Waals surface area contributed by atoms with Crippen molar-refractivity contribution in [3.8, 4) is 0 Å². The van der Waals surface area contributed by atoms with Gasteiger partial charge in [0.2, 0.25) is 5.91 Å². The van der Waals surface area contributed by atoms with Gasteiger partial charge in [0.25, 0.3) is 0 Å². The zero-order valence-electron chi connectivity index (χ0n) is 11.6. The standard InChI is InChI=1S/C15H20BrFN2O/c1-3-5-14(18)15(20)19(8-4-2)10-11-9-12(16)6-7-13(11)17/h4,6-7,9,14H,2-3,5,8,10,18H2,1H3. The molecule has 0 aliphatic heterocycles. The predicted octanol–water partition coefficient (Wildman–Crippen LogP) is 3.23. The molecule has 5 heteroatoms. The van der Waals surface area contributed by atoms with Crippen molar-refractivity contribution < 1.29 is 9.18 Å². The van der Waals surface area contributed by atoms with E-state index in [1.54, 1.807) is 18.2 Å².